The predicted molar refractivity (Wildman–Crippen MR) is 107 cm³/mol. The molecule has 1 aliphatic heterocycles. The Morgan fingerprint density at radius 1 is 1.00 bits per heavy atom. The van der Waals surface area contributed by atoms with Gasteiger partial charge in [-0.25, -0.2) is 9.18 Å². The third-order valence-corrected chi connectivity index (χ3v) is 5.07. The summed E-state index contributed by atoms with van der Waals surface area (Å²) in [6.45, 7) is 1.71. The first-order valence-electron chi connectivity index (χ1n) is 8.50. The fourth-order valence-corrected chi connectivity index (χ4v) is 3.38. The third-order valence-electron chi connectivity index (χ3n) is 4.32. The van der Waals surface area contributed by atoms with E-state index < -0.39 is 5.82 Å². The molecule has 0 atom stereocenters. The maximum atomic E-state index is 14.0. The Morgan fingerprint density at radius 2 is 1.67 bits per heavy atom. The molecule has 1 aliphatic rings. The van der Waals surface area contributed by atoms with Crippen molar-refractivity contribution in [3.8, 4) is 0 Å². The number of amides is 3. The number of anilines is 1. The molecule has 0 bridgehead atoms. The van der Waals surface area contributed by atoms with Gasteiger partial charge in [0.2, 0.25) is 0 Å². The van der Waals surface area contributed by atoms with Crippen LogP contribution in [0, 0.1) is 5.82 Å². The SMILES string of the molecule is O=C(Nc1ccc(Cl)cc1)N1CCCN(C(=O)c2cc(Br)ccc2F)CC1. The molecular formula is C19H18BrClFN3O2. The van der Waals surface area contributed by atoms with Gasteiger partial charge in [-0.3, -0.25) is 4.79 Å². The molecule has 0 unspecified atom stereocenters. The summed E-state index contributed by atoms with van der Waals surface area (Å²) in [7, 11) is 0. The molecule has 1 fully saturated rings. The van der Waals surface area contributed by atoms with Gasteiger partial charge in [0.1, 0.15) is 5.82 Å². The molecule has 5 nitrogen and oxygen atoms in total. The number of nitrogens with one attached hydrogen (secondary N) is 1. The smallest absolute Gasteiger partial charge is 0.321 e. The van der Waals surface area contributed by atoms with Crippen molar-refractivity contribution in [1.82, 2.24) is 9.80 Å². The summed E-state index contributed by atoms with van der Waals surface area (Å²) in [5, 5.41) is 3.41. The molecule has 0 aromatic heterocycles. The van der Waals surface area contributed by atoms with Gasteiger partial charge in [0.05, 0.1) is 5.56 Å². The van der Waals surface area contributed by atoms with Crippen LogP contribution in [0.2, 0.25) is 5.02 Å². The number of nitrogens with zero attached hydrogens (tertiary/aromatic N) is 2. The maximum Gasteiger partial charge on any atom is 0.321 e. The molecule has 1 saturated heterocycles. The summed E-state index contributed by atoms with van der Waals surface area (Å²) in [6, 6.07) is 10.9. The van der Waals surface area contributed by atoms with E-state index in [1.54, 1.807) is 40.1 Å². The lowest BCUT2D eigenvalue weighted by Crippen LogP contribution is -2.39. The van der Waals surface area contributed by atoms with Crippen LogP contribution in [0.4, 0.5) is 14.9 Å². The standard InChI is InChI=1S/C19H18BrClFN3O2/c20-13-2-7-17(22)16(12-13)18(26)24-8-1-9-25(11-10-24)19(27)23-15-5-3-14(21)4-6-15/h2-7,12H,1,8-11H2,(H,23,27). The molecule has 8 heteroatoms. The van der Waals surface area contributed by atoms with E-state index in [9.17, 15) is 14.0 Å². The molecule has 0 saturated carbocycles. The zero-order chi connectivity index (χ0) is 19.4. The molecule has 2 aromatic rings. The van der Waals surface area contributed by atoms with Crippen molar-refractivity contribution in [2.75, 3.05) is 31.5 Å². The van der Waals surface area contributed by atoms with Crippen LogP contribution >= 0.6 is 27.5 Å². The van der Waals surface area contributed by atoms with Gasteiger partial charge < -0.3 is 15.1 Å². The second kappa shape index (κ2) is 8.71. The van der Waals surface area contributed by atoms with E-state index in [1.165, 1.54) is 12.1 Å². The Labute approximate surface area is 170 Å². The highest BCUT2D eigenvalue weighted by Crippen LogP contribution is 2.19. The quantitative estimate of drug-likeness (QED) is 0.720. The summed E-state index contributed by atoms with van der Waals surface area (Å²) in [4.78, 5) is 28.4. The minimum atomic E-state index is -0.551. The van der Waals surface area contributed by atoms with Crippen LogP contribution in [0.5, 0.6) is 0 Å². The molecule has 1 N–H and O–H groups in total. The number of hydrogen-bond donors (Lipinski definition) is 1. The predicted octanol–water partition coefficient (Wildman–Crippen LogP) is 4.62. The number of urea groups is 1. The van der Waals surface area contributed by atoms with E-state index >= 15 is 0 Å². The van der Waals surface area contributed by atoms with Crippen LogP contribution in [-0.4, -0.2) is 47.9 Å². The molecule has 0 aliphatic carbocycles. The van der Waals surface area contributed by atoms with E-state index in [1.807, 2.05) is 0 Å². The number of halogens is 3. The summed E-state index contributed by atoms with van der Waals surface area (Å²) >= 11 is 9.11. The number of hydrogen-bond acceptors (Lipinski definition) is 2. The van der Waals surface area contributed by atoms with Crippen molar-refractivity contribution < 1.29 is 14.0 Å². The molecule has 0 radical (unpaired) electrons. The topological polar surface area (TPSA) is 52.7 Å². The van der Waals surface area contributed by atoms with Crippen molar-refractivity contribution in [2.24, 2.45) is 0 Å². The van der Waals surface area contributed by atoms with Crippen LogP contribution in [0.25, 0.3) is 0 Å². The number of carbonyl (C=O) groups excluding carboxylic acids is 2. The van der Waals surface area contributed by atoms with Gasteiger partial charge in [-0.2, -0.15) is 0 Å². The summed E-state index contributed by atoms with van der Waals surface area (Å²) in [5.41, 5.74) is 0.682. The van der Waals surface area contributed by atoms with Gasteiger partial charge in [0.25, 0.3) is 5.91 Å². The first-order valence-corrected chi connectivity index (χ1v) is 9.67. The molecule has 0 spiro atoms. The summed E-state index contributed by atoms with van der Waals surface area (Å²) < 4.78 is 14.6. The highest BCUT2D eigenvalue weighted by Gasteiger charge is 2.24. The Hall–Kier alpha value is -2.12. The Morgan fingerprint density at radius 3 is 2.41 bits per heavy atom. The number of carbonyl (C=O) groups is 2. The van der Waals surface area contributed by atoms with Crippen LogP contribution < -0.4 is 5.32 Å². The van der Waals surface area contributed by atoms with E-state index in [0.29, 0.717) is 47.8 Å². The minimum absolute atomic E-state index is 0.0310. The molecular weight excluding hydrogens is 437 g/mol. The highest BCUT2D eigenvalue weighted by molar-refractivity contribution is 9.10. The summed E-state index contributed by atoms with van der Waals surface area (Å²) in [6.07, 6.45) is 0.620. The average Bonchev–Trinajstić information content (AvgIpc) is 2.91. The van der Waals surface area contributed by atoms with Gasteiger partial charge >= 0.3 is 6.03 Å². The van der Waals surface area contributed by atoms with Crippen molar-refractivity contribution in [1.29, 1.82) is 0 Å². The number of benzene rings is 2. The largest absolute Gasteiger partial charge is 0.337 e. The normalized spacial score (nSPS) is 14.6. The van der Waals surface area contributed by atoms with E-state index in [-0.39, 0.29) is 17.5 Å². The average molecular weight is 455 g/mol. The molecule has 3 rings (SSSR count). The van der Waals surface area contributed by atoms with E-state index in [0.717, 1.165) is 0 Å². The van der Waals surface area contributed by atoms with Crippen molar-refractivity contribution in [3.05, 3.63) is 63.3 Å². The lowest BCUT2D eigenvalue weighted by molar-refractivity contribution is 0.0758. The van der Waals surface area contributed by atoms with Crippen LogP contribution in [0.15, 0.2) is 46.9 Å². The summed E-state index contributed by atoms with van der Waals surface area (Å²) in [5.74, 6) is -0.918. The van der Waals surface area contributed by atoms with Crippen molar-refractivity contribution in [2.45, 2.75) is 6.42 Å². The van der Waals surface area contributed by atoms with Crippen LogP contribution in [0.1, 0.15) is 16.8 Å². The van der Waals surface area contributed by atoms with Crippen molar-refractivity contribution >= 4 is 45.2 Å². The van der Waals surface area contributed by atoms with Crippen molar-refractivity contribution in [3.63, 3.8) is 0 Å². The monoisotopic (exact) mass is 453 g/mol. The Kier molecular flexibility index (Phi) is 6.34. The Balaban J connectivity index is 1.63. The molecule has 2 aromatic carbocycles. The fourth-order valence-electron chi connectivity index (χ4n) is 2.89. The molecule has 142 valence electrons. The van der Waals surface area contributed by atoms with Gasteiger partial charge in [-0.1, -0.05) is 27.5 Å². The lowest BCUT2D eigenvalue weighted by Gasteiger charge is -2.22. The molecule has 27 heavy (non-hydrogen) atoms. The fraction of sp³-hybridized carbons (Fsp3) is 0.263. The van der Waals surface area contributed by atoms with Gasteiger partial charge in [-0.05, 0) is 48.9 Å². The van der Waals surface area contributed by atoms with Gasteiger partial charge in [0.15, 0.2) is 0 Å². The van der Waals surface area contributed by atoms with Gasteiger partial charge in [0, 0.05) is 41.4 Å². The zero-order valence-electron chi connectivity index (χ0n) is 14.4. The maximum absolute atomic E-state index is 14.0. The minimum Gasteiger partial charge on any atom is -0.337 e. The Bertz CT molecular complexity index is 847. The number of rotatable bonds is 2. The third kappa shape index (κ3) is 4.99. The van der Waals surface area contributed by atoms with Crippen LogP contribution in [0.3, 0.4) is 0 Å². The first-order chi connectivity index (χ1) is 12.9. The zero-order valence-corrected chi connectivity index (χ0v) is 16.8. The van der Waals surface area contributed by atoms with Crippen LogP contribution in [-0.2, 0) is 0 Å². The highest BCUT2D eigenvalue weighted by atomic mass is 79.9. The van der Waals surface area contributed by atoms with E-state index in [4.69, 9.17) is 11.6 Å². The first kappa shape index (κ1) is 19.6. The van der Waals surface area contributed by atoms with E-state index in [2.05, 4.69) is 21.2 Å². The second-order valence-electron chi connectivity index (χ2n) is 6.19. The lowest BCUT2D eigenvalue weighted by atomic mass is 10.2. The molecule has 3 amide bonds. The second-order valence-corrected chi connectivity index (χ2v) is 7.55. The van der Waals surface area contributed by atoms with Gasteiger partial charge in [-0.15, -0.1) is 0 Å². The molecule has 1 heterocycles.